The molecule has 0 bridgehead atoms. The highest BCUT2D eigenvalue weighted by Crippen LogP contribution is 2.31. The SMILES string of the molecule is COc1ccc(C(=O)Nc2sc(Nc3cnc4ccccc4c3)nc2C(N)=O)cc1. The maximum absolute atomic E-state index is 12.5. The van der Waals surface area contributed by atoms with E-state index in [1.54, 1.807) is 37.6 Å². The van der Waals surface area contributed by atoms with Crippen LogP contribution in [0.25, 0.3) is 10.9 Å². The Morgan fingerprint density at radius 3 is 2.60 bits per heavy atom. The minimum atomic E-state index is -0.735. The molecule has 0 saturated carbocycles. The van der Waals surface area contributed by atoms with Crippen molar-refractivity contribution >= 4 is 49.9 Å². The average molecular weight is 419 g/mol. The number of aromatic nitrogens is 2. The van der Waals surface area contributed by atoms with Gasteiger partial charge in [-0.25, -0.2) is 4.98 Å². The third kappa shape index (κ3) is 4.06. The van der Waals surface area contributed by atoms with Gasteiger partial charge in [-0.1, -0.05) is 29.5 Å². The first-order valence-corrected chi connectivity index (χ1v) is 9.73. The molecule has 2 amide bonds. The summed E-state index contributed by atoms with van der Waals surface area (Å²) in [7, 11) is 1.55. The van der Waals surface area contributed by atoms with Crippen molar-refractivity contribution in [3.05, 3.63) is 72.1 Å². The molecule has 0 saturated heterocycles. The monoisotopic (exact) mass is 419 g/mol. The lowest BCUT2D eigenvalue weighted by Gasteiger charge is -2.05. The Bertz CT molecular complexity index is 1240. The summed E-state index contributed by atoms with van der Waals surface area (Å²) in [5.74, 6) is -0.485. The van der Waals surface area contributed by atoms with Crippen molar-refractivity contribution in [2.45, 2.75) is 0 Å². The van der Waals surface area contributed by atoms with Crippen molar-refractivity contribution in [2.75, 3.05) is 17.7 Å². The topological polar surface area (TPSA) is 119 Å². The van der Waals surface area contributed by atoms with Gasteiger partial charge in [0.25, 0.3) is 11.8 Å². The molecule has 2 heterocycles. The number of nitrogens with one attached hydrogen (secondary N) is 2. The zero-order valence-corrected chi connectivity index (χ0v) is 16.7. The van der Waals surface area contributed by atoms with Crippen molar-refractivity contribution in [3.63, 3.8) is 0 Å². The molecule has 8 nitrogen and oxygen atoms in total. The van der Waals surface area contributed by atoms with Gasteiger partial charge in [0.15, 0.2) is 10.8 Å². The Morgan fingerprint density at radius 1 is 1.10 bits per heavy atom. The van der Waals surface area contributed by atoms with Crippen LogP contribution in [0.2, 0.25) is 0 Å². The largest absolute Gasteiger partial charge is 0.497 e. The number of anilines is 3. The number of methoxy groups -OCH3 is 1. The number of rotatable bonds is 6. The fraction of sp³-hybridized carbons (Fsp3) is 0.0476. The molecule has 4 rings (SSSR count). The van der Waals surface area contributed by atoms with Gasteiger partial charge in [0.1, 0.15) is 10.8 Å². The fourth-order valence-electron chi connectivity index (χ4n) is 2.81. The molecule has 0 atom stereocenters. The zero-order chi connectivity index (χ0) is 21.1. The number of benzene rings is 2. The number of ether oxygens (including phenoxy) is 1. The van der Waals surface area contributed by atoms with Crippen LogP contribution in [-0.2, 0) is 0 Å². The number of hydrogen-bond acceptors (Lipinski definition) is 7. The molecule has 2 aromatic heterocycles. The summed E-state index contributed by atoms with van der Waals surface area (Å²) < 4.78 is 5.09. The number of nitrogens with two attached hydrogens (primary N) is 1. The van der Waals surface area contributed by atoms with Crippen molar-refractivity contribution in [3.8, 4) is 5.75 Å². The highest BCUT2D eigenvalue weighted by atomic mass is 32.1. The summed E-state index contributed by atoms with van der Waals surface area (Å²) in [6.45, 7) is 0. The van der Waals surface area contributed by atoms with Gasteiger partial charge in [-0.05, 0) is 36.4 Å². The predicted octanol–water partition coefficient (Wildman–Crippen LogP) is 3.79. The van der Waals surface area contributed by atoms with E-state index in [0.717, 1.165) is 22.2 Å². The fourth-order valence-corrected chi connectivity index (χ4v) is 3.69. The van der Waals surface area contributed by atoms with E-state index in [4.69, 9.17) is 10.5 Å². The molecule has 9 heteroatoms. The van der Waals surface area contributed by atoms with Crippen LogP contribution in [0.1, 0.15) is 20.8 Å². The van der Waals surface area contributed by atoms with E-state index in [1.165, 1.54) is 0 Å². The molecule has 0 aliphatic heterocycles. The third-order valence-corrected chi connectivity index (χ3v) is 5.17. The summed E-state index contributed by atoms with van der Waals surface area (Å²) >= 11 is 1.11. The lowest BCUT2D eigenvalue weighted by molar-refractivity contribution is 0.0997. The lowest BCUT2D eigenvalue weighted by atomic mass is 10.2. The first-order valence-electron chi connectivity index (χ1n) is 8.91. The number of carbonyl (C=O) groups is 2. The molecule has 150 valence electrons. The van der Waals surface area contributed by atoms with Gasteiger partial charge in [0.05, 0.1) is 24.5 Å². The van der Waals surface area contributed by atoms with Gasteiger partial charge in [-0.15, -0.1) is 0 Å². The second-order valence-corrected chi connectivity index (χ2v) is 7.28. The van der Waals surface area contributed by atoms with E-state index in [0.29, 0.717) is 22.1 Å². The smallest absolute Gasteiger partial charge is 0.270 e. The summed E-state index contributed by atoms with van der Waals surface area (Å²) in [5, 5.41) is 7.44. The van der Waals surface area contributed by atoms with Crippen molar-refractivity contribution < 1.29 is 14.3 Å². The predicted molar refractivity (Wildman–Crippen MR) is 117 cm³/mol. The van der Waals surface area contributed by atoms with Gasteiger partial charge < -0.3 is 21.1 Å². The molecule has 4 N–H and O–H groups in total. The van der Waals surface area contributed by atoms with Crippen LogP contribution >= 0.6 is 11.3 Å². The van der Waals surface area contributed by atoms with Crippen LogP contribution < -0.4 is 21.1 Å². The van der Waals surface area contributed by atoms with E-state index in [2.05, 4.69) is 20.6 Å². The molecule has 0 fully saturated rings. The second kappa shape index (κ2) is 8.18. The summed E-state index contributed by atoms with van der Waals surface area (Å²) in [5.41, 5.74) is 7.41. The maximum Gasteiger partial charge on any atom is 0.270 e. The van der Waals surface area contributed by atoms with Crippen molar-refractivity contribution in [1.29, 1.82) is 0 Å². The van der Waals surface area contributed by atoms with Crippen LogP contribution in [0.5, 0.6) is 5.75 Å². The Morgan fingerprint density at radius 2 is 1.87 bits per heavy atom. The molecule has 4 aromatic rings. The number of para-hydroxylation sites is 1. The first-order chi connectivity index (χ1) is 14.5. The lowest BCUT2D eigenvalue weighted by Crippen LogP contribution is -2.17. The minimum Gasteiger partial charge on any atom is -0.497 e. The van der Waals surface area contributed by atoms with Crippen molar-refractivity contribution in [2.24, 2.45) is 5.73 Å². The van der Waals surface area contributed by atoms with Gasteiger partial charge in [0.2, 0.25) is 0 Å². The number of thiazole rings is 1. The van der Waals surface area contributed by atoms with Gasteiger partial charge in [-0.2, -0.15) is 0 Å². The van der Waals surface area contributed by atoms with Gasteiger partial charge in [0, 0.05) is 10.9 Å². The number of nitrogens with zero attached hydrogens (tertiary/aromatic N) is 2. The van der Waals surface area contributed by atoms with Crippen LogP contribution in [0, 0.1) is 0 Å². The molecule has 30 heavy (non-hydrogen) atoms. The number of hydrogen-bond donors (Lipinski definition) is 3. The van der Waals surface area contributed by atoms with Crippen LogP contribution in [-0.4, -0.2) is 28.9 Å². The second-order valence-electron chi connectivity index (χ2n) is 6.29. The summed E-state index contributed by atoms with van der Waals surface area (Å²) in [4.78, 5) is 33.0. The molecule has 2 aromatic carbocycles. The Labute approximate surface area is 175 Å². The molecule has 0 radical (unpaired) electrons. The normalized spacial score (nSPS) is 10.6. The number of primary amides is 1. The van der Waals surface area contributed by atoms with Crippen LogP contribution in [0.3, 0.4) is 0 Å². The van der Waals surface area contributed by atoms with E-state index in [1.807, 2.05) is 30.3 Å². The van der Waals surface area contributed by atoms with Crippen LogP contribution in [0.4, 0.5) is 15.8 Å². The Balaban J connectivity index is 1.57. The van der Waals surface area contributed by atoms with Crippen molar-refractivity contribution in [1.82, 2.24) is 9.97 Å². The Hall–Kier alpha value is -3.98. The molecule has 0 aliphatic rings. The van der Waals surface area contributed by atoms with Crippen LogP contribution in [0.15, 0.2) is 60.8 Å². The van der Waals surface area contributed by atoms with Gasteiger partial charge in [-0.3, -0.25) is 14.6 Å². The summed E-state index contributed by atoms with van der Waals surface area (Å²) in [6.07, 6.45) is 1.67. The molecule has 0 spiro atoms. The molecule has 0 aliphatic carbocycles. The number of fused-ring (bicyclic) bond motifs is 1. The minimum absolute atomic E-state index is 0.0156. The average Bonchev–Trinajstić information content (AvgIpc) is 3.16. The third-order valence-electron chi connectivity index (χ3n) is 4.28. The van der Waals surface area contributed by atoms with E-state index in [9.17, 15) is 9.59 Å². The summed E-state index contributed by atoms with van der Waals surface area (Å²) in [6, 6.07) is 16.2. The molecular weight excluding hydrogens is 402 g/mol. The number of pyridine rings is 1. The van der Waals surface area contributed by atoms with E-state index >= 15 is 0 Å². The van der Waals surface area contributed by atoms with E-state index in [-0.39, 0.29) is 16.6 Å². The highest BCUT2D eigenvalue weighted by molar-refractivity contribution is 7.20. The number of amides is 2. The standard InChI is InChI=1S/C21H17N5O3S/c1-29-15-8-6-12(7-9-15)19(28)26-20-17(18(22)27)25-21(30-20)24-14-10-13-4-2-3-5-16(13)23-11-14/h2-11H,1H3,(H2,22,27)(H,24,25)(H,26,28). The molecular formula is C21H17N5O3S. The molecule has 0 unspecified atom stereocenters. The van der Waals surface area contributed by atoms with Gasteiger partial charge >= 0.3 is 0 Å². The number of carbonyl (C=O) groups excluding carboxylic acids is 2. The zero-order valence-electron chi connectivity index (χ0n) is 15.9. The highest BCUT2D eigenvalue weighted by Gasteiger charge is 2.19. The maximum atomic E-state index is 12.5. The quantitative estimate of drug-likeness (QED) is 0.437. The first kappa shape index (κ1) is 19.3. The van der Waals surface area contributed by atoms with E-state index < -0.39 is 5.91 Å². The Kier molecular flexibility index (Phi) is 5.27.